The maximum Gasteiger partial charge on any atom is 0.286 e. The molecule has 2 amide bonds. The summed E-state index contributed by atoms with van der Waals surface area (Å²) in [6.45, 7) is 3.83. The van der Waals surface area contributed by atoms with Crippen LogP contribution in [0.25, 0.3) is 6.08 Å². The second kappa shape index (κ2) is 8.22. The van der Waals surface area contributed by atoms with Crippen LogP contribution in [0.3, 0.4) is 0 Å². The summed E-state index contributed by atoms with van der Waals surface area (Å²) in [5, 5.41) is 2.78. The van der Waals surface area contributed by atoms with Gasteiger partial charge in [0, 0.05) is 6.92 Å². The molecule has 0 fully saturated rings. The molecule has 1 aliphatic heterocycles. The molecular weight excluding hydrogens is 328 g/mol. The molecular formula is C17H16N2O4S. The summed E-state index contributed by atoms with van der Waals surface area (Å²) in [5.41, 5.74) is 0.752. The number of aliphatic imine (C=N–C) groups is 1. The summed E-state index contributed by atoms with van der Waals surface area (Å²) >= 11 is 1.11. The number of hydrogen-bond acceptors (Lipinski definition) is 5. The molecule has 0 unspecified atom stereocenters. The van der Waals surface area contributed by atoms with Gasteiger partial charge in [-0.3, -0.25) is 9.59 Å². The number of benzene rings is 1. The van der Waals surface area contributed by atoms with Crippen molar-refractivity contribution >= 4 is 34.8 Å². The van der Waals surface area contributed by atoms with Gasteiger partial charge >= 0.3 is 0 Å². The molecule has 0 spiro atoms. The Bertz CT molecular complexity index is 762. The Balaban J connectivity index is 2.21. The van der Waals surface area contributed by atoms with E-state index in [0.29, 0.717) is 23.0 Å². The van der Waals surface area contributed by atoms with Crippen molar-refractivity contribution in [2.45, 2.75) is 13.8 Å². The van der Waals surface area contributed by atoms with Crippen molar-refractivity contribution < 1.29 is 19.1 Å². The van der Waals surface area contributed by atoms with Crippen LogP contribution in [-0.4, -0.2) is 30.2 Å². The van der Waals surface area contributed by atoms with Crippen molar-refractivity contribution in [1.82, 2.24) is 5.32 Å². The number of terminal acetylenes is 1. The SMILES string of the molecule is C#CCOc1ccc(C=C2SC(NC(C)=O)=NC2=O)cc1OCC. The highest BCUT2D eigenvalue weighted by atomic mass is 32.2. The second-order valence-corrected chi connectivity index (χ2v) is 5.68. The van der Waals surface area contributed by atoms with E-state index in [4.69, 9.17) is 15.9 Å². The normalized spacial score (nSPS) is 15.0. The van der Waals surface area contributed by atoms with Crippen molar-refractivity contribution in [2.75, 3.05) is 13.2 Å². The molecule has 2 rings (SSSR count). The van der Waals surface area contributed by atoms with Crippen LogP contribution in [0.2, 0.25) is 0 Å². The molecule has 1 aromatic carbocycles. The number of carbonyl (C=O) groups is 2. The predicted octanol–water partition coefficient (Wildman–Crippen LogP) is 2.20. The summed E-state index contributed by atoms with van der Waals surface area (Å²) in [6.07, 6.45) is 6.87. The van der Waals surface area contributed by atoms with Gasteiger partial charge in [0.15, 0.2) is 16.7 Å². The zero-order valence-electron chi connectivity index (χ0n) is 13.3. The van der Waals surface area contributed by atoms with E-state index in [9.17, 15) is 9.59 Å². The minimum absolute atomic E-state index is 0.142. The first-order valence-electron chi connectivity index (χ1n) is 7.16. The molecule has 7 heteroatoms. The fourth-order valence-corrected chi connectivity index (χ4v) is 2.75. The van der Waals surface area contributed by atoms with E-state index >= 15 is 0 Å². The van der Waals surface area contributed by atoms with Crippen LogP contribution in [0.5, 0.6) is 11.5 Å². The van der Waals surface area contributed by atoms with Gasteiger partial charge in [0.1, 0.15) is 6.61 Å². The molecule has 0 aromatic heterocycles. The molecule has 1 heterocycles. The van der Waals surface area contributed by atoms with Crippen LogP contribution in [0.1, 0.15) is 19.4 Å². The van der Waals surface area contributed by atoms with Crippen LogP contribution < -0.4 is 14.8 Å². The van der Waals surface area contributed by atoms with E-state index in [1.165, 1.54) is 6.92 Å². The molecule has 0 atom stereocenters. The lowest BCUT2D eigenvalue weighted by Crippen LogP contribution is -2.23. The van der Waals surface area contributed by atoms with Crippen LogP contribution in [0, 0.1) is 12.3 Å². The molecule has 0 saturated heterocycles. The fourth-order valence-electron chi connectivity index (χ4n) is 1.89. The van der Waals surface area contributed by atoms with E-state index in [0.717, 1.165) is 17.3 Å². The zero-order valence-corrected chi connectivity index (χ0v) is 14.1. The summed E-state index contributed by atoms with van der Waals surface area (Å²) in [6, 6.07) is 5.27. The lowest BCUT2D eigenvalue weighted by atomic mass is 10.2. The van der Waals surface area contributed by atoms with E-state index in [-0.39, 0.29) is 17.7 Å². The van der Waals surface area contributed by atoms with Crippen molar-refractivity contribution in [3.8, 4) is 23.8 Å². The number of hydrogen-bond donors (Lipinski definition) is 1. The molecule has 0 aliphatic carbocycles. The molecule has 124 valence electrons. The largest absolute Gasteiger partial charge is 0.490 e. The van der Waals surface area contributed by atoms with Gasteiger partial charge in [0.2, 0.25) is 5.91 Å². The zero-order chi connectivity index (χ0) is 17.5. The van der Waals surface area contributed by atoms with Crippen LogP contribution in [-0.2, 0) is 9.59 Å². The molecule has 1 aliphatic rings. The Hall–Kier alpha value is -2.72. The molecule has 1 aromatic rings. The van der Waals surface area contributed by atoms with E-state index in [1.807, 2.05) is 6.92 Å². The Morgan fingerprint density at radius 1 is 1.42 bits per heavy atom. The Labute approximate surface area is 144 Å². The number of ether oxygens (including phenoxy) is 2. The Morgan fingerprint density at radius 2 is 2.21 bits per heavy atom. The molecule has 1 N–H and O–H groups in total. The summed E-state index contributed by atoms with van der Waals surface area (Å²) in [4.78, 5) is 27.1. The molecule has 6 nitrogen and oxygen atoms in total. The van der Waals surface area contributed by atoms with Crippen molar-refractivity contribution in [3.63, 3.8) is 0 Å². The molecule has 24 heavy (non-hydrogen) atoms. The molecule has 0 bridgehead atoms. The number of carbonyl (C=O) groups excluding carboxylic acids is 2. The van der Waals surface area contributed by atoms with E-state index in [2.05, 4.69) is 16.2 Å². The van der Waals surface area contributed by atoms with E-state index in [1.54, 1.807) is 24.3 Å². The minimum Gasteiger partial charge on any atom is -0.490 e. The summed E-state index contributed by atoms with van der Waals surface area (Å²) in [5.74, 6) is 2.81. The third-order valence-electron chi connectivity index (χ3n) is 2.78. The topological polar surface area (TPSA) is 77.0 Å². The van der Waals surface area contributed by atoms with Crippen LogP contribution in [0.15, 0.2) is 28.1 Å². The molecule has 0 radical (unpaired) electrons. The first kappa shape index (κ1) is 17.6. The van der Waals surface area contributed by atoms with Gasteiger partial charge in [0.25, 0.3) is 5.91 Å². The average molecular weight is 344 g/mol. The van der Waals surface area contributed by atoms with Gasteiger partial charge in [-0.1, -0.05) is 12.0 Å². The first-order valence-corrected chi connectivity index (χ1v) is 7.98. The fraction of sp³-hybridized carbons (Fsp3) is 0.235. The van der Waals surface area contributed by atoms with E-state index < -0.39 is 5.91 Å². The van der Waals surface area contributed by atoms with Crippen molar-refractivity contribution in [1.29, 1.82) is 0 Å². The second-order valence-electron chi connectivity index (χ2n) is 4.65. The third kappa shape index (κ3) is 4.64. The van der Waals surface area contributed by atoms with Gasteiger partial charge in [-0.05, 0) is 42.5 Å². The van der Waals surface area contributed by atoms with Gasteiger partial charge in [-0.25, -0.2) is 0 Å². The van der Waals surface area contributed by atoms with Gasteiger partial charge in [0.05, 0.1) is 11.5 Å². The summed E-state index contributed by atoms with van der Waals surface area (Å²) < 4.78 is 11.0. The van der Waals surface area contributed by atoms with Gasteiger partial charge in [-0.15, -0.1) is 6.42 Å². The quantitative estimate of drug-likeness (QED) is 0.654. The third-order valence-corrected chi connectivity index (χ3v) is 3.68. The lowest BCUT2D eigenvalue weighted by Gasteiger charge is -2.11. The minimum atomic E-state index is -0.394. The summed E-state index contributed by atoms with van der Waals surface area (Å²) in [7, 11) is 0. The number of amides is 2. The monoisotopic (exact) mass is 344 g/mol. The first-order chi connectivity index (χ1) is 11.5. The predicted molar refractivity (Wildman–Crippen MR) is 93.8 cm³/mol. The molecule has 0 saturated carbocycles. The van der Waals surface area contributed by atoms with Crippen molar-refractivity contribution in [2.24, 2.45) is 4.99 Å². The number of thioether (sulfide) groups is 1. The van der Waals surface area contributed by atoms with Crippen molar-refractivity contribution in [3.05, 3.63) is 28.7 Å². The van der Waals surface area contributed by atoms with Crippen LogP contribution in [0.4, 0.5) is 0 Å². The standard InChI is InChI=1S/C17H16N2O4S/c1-4-8-23-13-7-6-12(9-14(13)22-5-2)10-15-16(21)19-17(24-15)18-11(3)20/h1,6-7,9-10H,5,8H2,2-3H3,(H,18,19,20,21). The number of nitrogens with zero attached hydrogens (tertiary/aromatic N) is 1. The van der Waals surface area contributed by atoms with Gasteiger partial charge < -0.3 is 14.8 Å². The highest BCUT2D eigenvalue weighted by Crippen LogP contribution is 2.32. The Morgan fingerprint density at radius 3 is 2.88 bits per heavy atom. The highest BCUT2D eigenvalue weighted by Gasteiger charge is 2.22. The maximum absolute atomic E-state index is 11.9. The number of nitrogens with one attached hydrogen (secondary N) is 1. The smallest absolute Gasteiger partial charge is 0.286 e. The Kier molecular flexibility index (Phi) is 6.04. The average Bonchev–Trinajstić information content (AvgIpc) is 2.85. The van der Waals surface area contributed by atoms with Crippen LogP contribution >= 0.6 is 11.8 Å². The number of rotatable bonds is 5. The maximum atomic E-state index is 11.9. The van der Waals surface area contributed by atoms with Gasteiger partial charge in [-0.2, -0.15) is 4.99 Å². The highest BCUT2D eigenvalue weighted by molar-refractivity contribution is 8.18. The lowest BCUT2D eigenvalue weighted by molar-refractivity contribution is -0.117. The number of amidine groups is 1.